The third kappa shape index (κ3) is 4.23. The highest BCUT2D eigenvalue weighted by molar-refractivity contribution is 7.91. The molecule has 3 atom stereocenters. The molecule has 0 unspecified atom stereocenters. The lowest BCUT2D eigenvalue weighted by molar-refractivity contribution is 0.0440. The molecule has 1 aromatic carbocycles. The molecular weight excluding hydrogens is 414 g/mol. The highest BCUT2D eigenvalue weighted by Gasteiger charge is 2.49. The number of amides is 1. The second-order valence-electron chi connectivity index (χ2n) is 7.45. The Morgan fingerprint density at radius 2 is 2.03 bits per heavy atom. The van der Waals surface area contributed by atoms with Gasteiger partial charge in [-0.25, -0.2) is 13.2 Å². The number of hydrogen-bond acceptors (Lipinski definition) is 8. The molecule has 0 spiro atoms. The number of sulfone groups is 1. The van der Waals surface area contributed by atoms with E-state index in [1.54, 1.807) is 11.8 Å². The van der Waals surface area contributed by atoms with E-state index >= 15 is 0 Å². The van der Waals surface area contributed by atoms with E-state index in [1.165, 1.54) is 0 Å². The van der Waals surface area contributed by atoms with Crippen molar-refractivity contribution >= 4 is 27.7 Å². The van der Waals surface area contributed by atoms with Crippen molar-refractivity contribution in [3.05, 3.63) is 35.9 Å². The van der Waals surface area contributed by atoms with E-state index in [2.05, 4.69) is 8.75 Å². The zero-order valence-corrected chi connectivity index (χ0v) is 17.7. The van der Waals surface area contributed by atoms with Crippen LogP contribution in [-0.2, 0) is 21.2 Å². The number of fused-ring (bicyclic) bond motifs is 2. The number of piperidine rings is 1. The lowest BCUT2D eigenvalue weighted by Crippen LogP contribution is -2.47. The molecule has 2 aromatic rings. The first kappa shape index (κ1) is 20.1. The van der Waals surface area contributed by atoms with Gasteiger partial charge in [0.2, 0.25) is 14.9 Å². The van der Waals surface area contributed by atoms with Crippen molar-refractivity contribution in [1.29, 1.82) is 0 Å². The molecule has 2 aliphatic rings. The van der Waals surface area contributed by atoms with Crippen LogP contribution < -0.4 is 4.74 Å². The maximum atomic E-state index is 12.6. The summed E-state index contributed by atoms with van der Waals surface area (Å²) in [5.41, 5.74) is 0.928. The van der Waals surface area contributed by atoms with Gasteiger partial charge in [0.05, 0.1) is 23.5 Å². The van der Waals surface area contributed by atoms with Crippen molar-refractivity contribution in [3.8, 4) is 5.88 Å². The molecule has 2 fully saturated rings. The van der Waals surface area contributed by atoms with Gasteiger partial charge in [0.15, 0.2) is 0 Å². The fraction of sp³-hybridized carbons (Fsp3) is 0.526. The molecule has 1 aliphatic carbocycles. The number of nitrogens with zero attached hydrogens (tertiary/aromatic N) is 3. The summed E-state index contributed by atoms with van der Waals surface area (Å²) in [6.07, 6.45) is 1.40. The predicted octanol–water partition coefficient (Wildman–Crippen LogP) is 2.90. The molecule has 1 saturated heterocycles. The SMILES string of the molecule is CCCS(=O)(=O)c1nsnc1O[C@@H]1C[C@@H]2C[C@H]1N(C(=O)OCc1ccccc1)C2. The van der Waals surface area contributed by atoms with Crippen LogP contribution in [0.25, 0.3) is 0 Å². The molecule has 2 heterocycles. The number of rotatable bonds is 7. The fourth-order valence-electron chi connectivity index (χ4n) is 4.05. The molecule has 1 saturated carbocycles. The second kappa shape index (κ2) is 8.27. The van der Waals surface area contributed by atoms with Crippen molar-refractivity contribution in [1.82, 2.24) is 13.6 Å². The third-order valence-corrected chi connectivity index (χ3v) is 7.75. The molecule has 0 N–H and O–H groups in total. The Kier molecular flexibility index (Phi) is 5.73. The van der Waals surface area contributed by atoms with Gasteiger partial charge in [0.1, 0.15) is 12.7 Å². The first-order valence-electron chi connectivity index (χ1n) is 9.67. The molecule has 29 heavy (non-hydrogen) atoms. The van der Waals surface area contributed by atoms with Crippen LogP contribution in [0.1, 0.15) is 31.7 Å². The molecule has 2 bridgehead atoms. The average Bonchev–Trinajstić information content (AvgIpc) is 3.43. The smallest absolute Gasteiger partial charge is 0.410 e. The minimum Gasteiger partial charge on any atom is -0.469 e. The monoisotopic (exact) mass is 437 g/mol. The summed E-state index contributed by atoms with van der Waals surface area (Å²) < 4.78 is 44.2. The molecule has 10 heteroatoms. The number of carbonyl (C=O) groups excluding carboxylic acids is 1. The quantitative estimate of drug-likeness (QED) is 0.657. The largest absolute Gasteiger partial charge is 0.469 e. The van der Waals surface area contributed by atoms with Gasteiger partial charge in [-0.3, -0.25) is 0 Å². The van der Waals surface area contributed by atoms with Gasteiger partial charge >= 0.3 is 6.09 Å². The van der Waals surface area contributed by atoms with E-state index in [9.17, 15) is 13.2 Å². The number of likely N-dealkylation sites (tertiary alicyclic amines) is 1. The summed E-state index contributed by atoms with van der Waals surface area (Å²) >= 11 is 0.826. The van der Waals surface area contributed by atoms with Crippen LogP contribution in [0.2, 0.25) is 0 Å². The van der Waals surface area contributed by atoms with Crippen LogP contribution in [0.3, 0.4) is 0 Å². The van der Waals surface area contributed by atoms with E-state index < -0.39 is 9.84 Å². The zero-order valence-electron chi connectivity index (χ0n) is 16.1. The standard InChI is InChI=1S/C19H23N3O5S2/c1-2-8-29(24,25)18-17(20-28-21-18)27-16-10-14-9-15(16)22(11-14)19(23)26-12-13-6-4-3-5-7-13/h3-7,14-16H,2,8-12H2,1H3/t14-,15+,16+/m0/s1. The van der Waals surface area contributed by atoms with E-state index in [1.807, 2.05) is 30.3 Å². The van der Waals surface area contributed by atoms with Crippen molar-refractivity contribution in [2.45, 2.75) is 50.0 Å². The molecule has 1 aliphatic heterocycles. The summed E-state index contributed by atoms with van der Waals surface area (Å²) in [5.74, 6) is 0.374. The molecule has 0 radical (unpaired) electrons. The highest BCUT2D eigenvalue weighted by atomic mass is 32.2. The maximum absolute atomic E-state index is 12.6. The second-order valence-corrected chi connectivity index (χ2v) is 10.00. The van der Waals surface area contributed by atoms with E-state index in [0.717, 1.165) is 30.1 Å². The van der Waals surface area contributed by atoms with Crippen molar-refractivity contribution in [3.63, 3.8) is 0 Å². The van der Waals surface area contributed by atoms with Crippen molar-refractivity contribution < 1.29 is 22.7 Å². The normalized spacial score (nSPS) is 23.3. The van der Waals surface area contributed by atoms with Crippen LogP contribution in [0.15, 0.2) is 35.4 Å². The van der Waals surface area contributed by atoms with E-state index in [4.69, 9.17) is 9.47 Å². The Hall–Kier alpha value is -2.20. The van der Waals surface area contributed by atoms with Crippen LogP contribution >= 0.6 is 11.7 Å². The molecule has 4 rings (SSSR count). The Morgan fingerprint density at radius 3 is 2.76 bits per heavy atom. The predicted molar refractivity (Wildman–Crippen MR) is 107 cm³/mol. The van der Waals surface area contributed by atoms with Gasteiger partial charge < -0.3 is 14.4 Å². The van der Waals surface area contributed by atoms with Gasteiger partial charge in [0.25, 0.3) is 5.88 Å². The highest BCUT2D eigenvalue weighted by Crippen LogP contribution is 2.40. The third-order valence-electron chi connectivity index (χ3n) is 5.33. The van der Waals surface area contributed by atoms with E-state index in [0.29, 0.717) is 18.9 Å². The first-order valence-corrected chi connectivity index (χ1v) is 12.1. The van der Waals surface area contributed by atoms with Gasteiger partial charge in [0, 0.05) is 6.54 Å². The fourth-order valence-corrected chi connectivity index (χ4v) is 6.15. The zero-order chi connectivity index (χ0) is 20.4. The number of ether oxygens (including phenoxy) is 2. The average molecular weight is 438 g/mol. The van der Waals surface area contributed by atoms with Crippen LogP contribution in [0, 0.1) is 5.92 Å². The van der Waals surface area contributed by atoms with Gasteiger partial charge in [-0.15, -0.1) is 4.37 Å². The number of hydrogen-bond donors (Lipinski definition) is 0. The molecule has 8 nitrogen and oxygen atoms in total. The number of carbonyl (C=O) groups is 1. The molecule has 156 valence electrons. The van der Waals surface area contributed by atoms with Gasteiger partial charge in [-0.1, -0.05) is 37.3 Å². The Morgan fingerprint density at radius 1 is 1.24 bits per heavy atom. The Balaban J connectivity index is 1.41. The molecular formula is C19H23N3O5S2. The van der Waals surface area contributed by atoms with Crippen LogP contribution in [-0.4, -0.2) is 52.6 Å². The lowest BCUT2D eigenvalue weighted by atomic mass is 10.1. The van der Waals surface area contributed by atoms with Crippen molar-refractivity contribution in [2.24, 2.45) is 5.92 Å². The summed E-state index contributed by atoms with van der Waals surface area (Å²) in [6.45, 7) is 2.65. The molecule has 1 aromatic heterocycles. The van der Waals surface area contributed by atoms with E-state index in [-0.39, 0.29) is 41.5 Å². The molecule has 1 amide bonds. The Labute approximate surface area is 174 Å². The topological polar surface area (TPSA) is 98.7 Å². The summed E-state index contributed by atoms with van der Waals surface area (Å²) in [5, 5.41) is -0.0923. The van der Waals surface area contributed by atoms with Gasteiger partial charge in [-0.05, 0) is 30.7 Å². The van der Waals surface area contributed by atoms with Crippen molar-refractivity contribution in [2.75, 3.05) is 12.3 Å². The minimum atomic E-state index is -3.51. The lowest BCUT2D eigenvalue weighted by Gasteiger charge is -2.32. The first-order chi connectivity index (χ1) is 14.0. The number of benzene rings is 1. The summed E-state index contributed by atoms with van der Waals surface area (Å²) in [6, 6.07) is 9.38. The summed E-state index contributed by atoms with van der Waals surface area (Å²) in [7, 11) is -3.51. The van der Waals surface area contributed by atoms with Gasteiger partial charge in [-0.2, -0.15) is 4.37 Å². The number of aromatic nitrogens is 2. The Bertz CT molecular complexity index is 963. The minimum absolute atomic E-state index is 0.00340. The van der Waals surface area contributed by atoms with Crippen LogP contribution in [0.4, 0.5) is 4.79 Å². The summed E-state index contributed by atoms with van der Waals surface area (Å²) in [4.78, 5) is 14.3. The maximum Gasteiger partial charge on any atom is 0.410 e. The van der Waals surface area contributed by atoms with Crippen LogP contribution in [0.5, 0.6) is 5.88 Å².